The van der Waals surface area contributed by atoms with E-state index >= 15 is 0 Å². The van der Waals surface area contributed by atoms with E-state index in [0.29, 0.717) is 0 Å². The zero-order valence-corrected chi connectivity index (χ0v) is 13.2. The Balaban J connectivity index is 2.26. The van der Waals surface area contributed by atoms with Crippen LogP contribution in [0.4, 0.5) is 0 Å². The second-order valence-corrected chi connectivity index (χ2v) is 10.1. The van der Waals surface area contributed by atoms with Crippen molar-refractivity contribution < 1.29 is 18.6 Å². The highest BCUT2D eigenvalue weighted by molar-refractivity contribution is 6.69. The van der Waals surface area contributed by atoms with Crippen LogP contribution in [0.25, 0.3) is 0 Å². The van der Waals surface area contributed by atoms with Gasteiger partial charge >= 0.3 is 0 Å². The molecule has 1 aliphatic heterocycles. The second kappa shape index (κ2) is 5.52. The molecule has 1 fully saturated rings. The smallest absolute Gasteiger partial charge is 0.184 e. The standard InChI is InChI=1S/C14H22O4Si/c1-15-11-7-6-10(8-12(11)16-2)14(13-9-17-13)18-19(3,4)5/h6-8,13-14H,9H2,1-5H3/t13-,14-/m1/s1. The van der Waals surface area contributed by atoms with Crippen molar-refractivity contribution in [2.45, 2.75) is 31.8 Å². The lowest BCUT2D eigenvalue weighted by atomic mass is 10.1. The van der Waals surface area contributed by atoms with Crippen LogP contribution in [0.3, 0.4) is 0 Å². The van der Waals surface area contributed by atoms with E-state index in [9.17, 15) is 0 Å². The molecule has 0 bridgehead atoms. The van der Waals surface area contributed by atoms with Crippen molar-refractivity contribution in [3.63, 3.8) is 0 Å². The van der Waals surface area contributed by atoms with E-state index in [1.54, 1.807) is 14.2 Å². The lowest BCUT2D eigenvalue weighted by Crippen LogP contribution is -2.30. The molecule has 0 N–H and O–H groups in total. The molecule has 0 amide bonds. The van der Waals surface area contributed by atoms with E-state index in [1.165, 1.54) is 0 Å². The third-order valence-corrected chi connectivity index (χ3v) is 3.87. The minimum Gasteiger partial charge on any atom is -0.493 e. The Morgan fingerprint density at radius 2 is 1.79 bits per heavy atom. The molecule has 0 radical (unpaired) electrons. The fraction of sp³-hybridized carbons (Fsp3) is 0.571. The predicted octanol–water partition coefficient (Wildman–Crippen LogP) is 3.00. The molecule has 0 unspecified atom stereocenters. The van der Waals surface area contributed by atoms with E-state index in [1.807, 2.05) is 18.2 Å². The third kappa shape index (κ3) is 3.71. The molecule has 0 aromatic heterocycles. The van der Waals surface area contributed by atoms with E-state index in [4.69, 9.17) is 18.6 Å². The minimum atomic E-state index is -1.63. The summed E-state index contributed by atoms with van der Waals surface area (Å²) in [7, 11) is 1.65. The zero-order valence-electron chi connectivity index (χ0n) is 12.2. The van der Waals surface area contributed by atoms with E-state index in [0.717, 1.165) is 23.7 Å². The Bertz CT molecular complexity index is 438. The molecule has 106 valence electrons. The number of ether oxygens (including phenoxy) is 3. The van der Waals surface area contributed by atoms with Gasteiger partial charge in [0, 0.05) is 0 Å². The lowest BCUT2D eigenvalue weighted by molar-refractivity contribution is 0.154. The number of hydrogen-bond donors (Lipinski definition) is 0. The van der Waals surface area contributed by atoms with Crippen molar-refractivity contribution in [2.24, 2.45) is 0 Å². The van der Waals surface area contributed by atoms with Gasteiger partial charge in [0.2, 0.25) is 0 Å². The summed E-state index contributed by atoms with van der Waals surface area (Å²) in [6.45, 7) is 7.32. The molecular weight excluding hydrogens is 260 g/mol. The summed E-state index contributed by atoms with van der Waals surface area (Å²) in [4.78, 5) is 0. The lowest BCUT2D eigenvalue weighted by Gasteiger charge is -2.26. The van der Waals surface area contributed by atoms with Crippen LogP contribution in [-0.2, 0) is 9.16 Å². The van der Waals surface area contributed by atoms with Crippen LogP contribution in [0.5, 0.6) is 11.5 Å². The largest absolute Gasteiger partial charge is 0.493 e. The van der Waals surface area contributed by atoms with Gasteiger partial charge in [-0.1, -0.05) is 6.07 Å². The Morgan fingerprint density at radius 3 is 2.26 bits per heavy atom. The molecule has 0 aliphatic carbocycles. The molecule has 1 heterocycles. The van der Waals surface area contributed by atoms with Crippen LogP contribution in [0.2, 0.25) is 19.6 Å². The van der Waals surface area contributed by atoms with Gasteiger partial charge in [-0.15, -0.1) is 0 Å². The van der Waals surface area contributed by atoms with Crippen LogP contribution < -0.4 is 9.47 Å². The molecule has 1 saturated heterocycles. The van der Waals surface area contributed by atoms with Crippen LogP contribution in [0, 0.1) is 0 Å². The molecule has 5 heteroatoms. The Morgan fingerprint density at radius 1 is 1.16 bits per heavy atom. The van der Waals surface area contributed by atoms with Crippen LogP contribution in [-0.4, -0.2) is 35.2 Å². The van der Waals surface area contributed by atoms with Gasteiger partial charge in [-0.2, -0.15) is 0 Å². The van der Waals surface area contributed by atoms with Gasteiger partial charge in [0.25, 0.3) is 0 Å². The molecule has 1 aromatic rings. The maximum Gasteiger partial charge on any atom is 0.184 e. The number of hydrogen-bond acceptors (Lipinski definition) is 4. The van der Waals surface area contributed by atoms with Gasteiger partial charge in [-0.05, 0) is 37.3 Å². The SMILES string of the molecule is COc1ccc([C@@H](O[Si](C)(C)C)[C@H]2CO2)cc1OC. The highest BCUT2D eigenvalue weighted by atomic mass is 28.4. The van der Waals surface area contributed by atoms with Crippen molar-refractivity contribution in [3.05, 3.63) is 23.8 Å². The van der Waals surface area contributed by atoms with Gasteiger partial charge in [-0.3, -0.25) is 0 Å². The number of benzene rings is 1. The Hall–Kier alpha value is -1.04. The van der Waals surface area contributed by atoms with Gasteiger partial charge in [-0.25, -0.2) is 0 Å². The topological polar surface area (TPSA) is 40.2 Å². The maximum atomic E-state index is 6.24. The van der Waals surface area contributed by atoms with Crippen molar-refractivity contribution >= 4 is 8.32 Å². The Labute approximate surface area is 115 Å². The molecule has 0 saturated carbocycles. The summed E-state index contributed by atoms with van der Waals surface area (Å²) in [6, 6.07) is 5.91. The van der Waals surface area contributed by atoms with Gasteiger partial charge in [0.1, 0.15) is 6.10 Å². The fourth-order valence-corrected chi connectivity index (χ4v) is 3.05. The molecule has 19 heavy (non-hydrogen) atoms. The summed E-state index contributed by atoms with van der Waals surface area (Å²) in [5.41, 5.74) is 1.09. The first-order valence-electron chi connectivity index (χ1n) is 6.46. The molecule has 4 nitrogen and oxygen atoms in total. The summed E-state index contributed by atoms with van der Waals surface area (Å²) < 4.78 is 22.3. The fourth-order valence-electron chi connectivity index (χ4n) is 2.00. The molecule has 0 spiro atoms. The minimum absolute atomic E-state index is 0.00790. The summed E-state index contributed by atoms with van der Waals surface area (Å²) in [5, 5.41) is 0. The molecule has 1 aromatic carbocycles. The second-order valence-electron chi connectivity index (χ2n) is 5.64. The number of rotatable bonds is 6. The van der Waals surface area contributed by atoms with Gasteiger partial charge in [0.05, 0.1) is 26.9 Å². The number of epoxide rings is 1. The molecular formula is C14H22O4Si. The first-order valence-corrected chi connectivity index (χ1v) is 9.87. The number of methoxy groups -OCH3 is 2. The maximum absolute atomic E-state index is 6.24. The molecule has 2 atom stereocenters. The van der Waals surface area contributed by atoms with Gasteiger partial charge in [0.15, 0.2) is 19.8 Å². The highest BCUT2D eigenvalue weighted by Crippen LogP contribution is 2.37. The van der Waals surface area contributed by atoms with E-state index < -0.39 is 8.32 Å². The third-order valence-electron chi connectivity index (χ3n) is 2.91. The van der Waals surface area contributed by atoms with Crippen LogP contribution in [0.15, 0.2) is 18.2 Å². The quantitative estimate of drug-likeness (QED) is 0.594. The average Bonchev–Trinajstić information content (AvgIpc) is 3.18. The summed E-state index contributed by atoms with van der Waals surface area (Å²) in [5.74, 6) is 1.46. The van der Waals surface area contributed by atoms with Gasteiger partial charge < -0.3 is 18.6 Å². The average molecular weight is 282 g/mol. The molecule has 1 aliphatic rings. The summed E-state index contributed by atoms with van der Waals surface area (Å²) >= 11 is 0. The van der Waals surface area contributed by atoms with Crippen molar-refractivity contribution in [1.82, 2.24) is 0 Å². The highest BCUT2D eigenvalue weighted by Gasteiger charge is 2.37. The monoisotopic (exact) mass is 282 g/mol. The van der Waals surface area contributed by atoms with Crippen molar-refractivity contribution in [2.75, 3.05) is 20.8 Å². The normalized spacial score (nSPS) is 19.9. The van der Waals surface area contributed by atoms with Crippen molar-refractivity contribution in [3.8, 4) is 11.5 Å². The first kappa shape index (κ1) is 14.4. The molecule has 2 rings (SSSR count). The van der Waals surface area contributed by atoms with E-state index in [2.05, 4.69) is 19.6 Å². The summed E-state index contributed by atoms with van der Waals surface area (Å²) in [6.07, 6.45) is 0.163. The van der Waals surface area contributed by atoms with Crippen LogP contribution >= 0.6 is 0 Å². The zero-order chi connectivity index (χ0) is 14.0. The Kier molecular flexibility index (Phi) is 4.18. The predicted molar refractivity (Wildman–Crippen MR) is 76.5 cm³/mol. The van der Waals surface area contributed by atoms with Crippen molar-refractivity contribution in [1.29, 1.82) is 0 Å². The van der Waals surface area contributed by atoms with Crippen LogP contribution in [0.1, 0.15) is 11.7 Å². The van der Waals surface area contributed by atoms with E-state index in [-0.39, 0.29) is 12.2 Å². The first-order chi connectivity index (χ1) is 8.94.